The van der Waals surface area contributed by atoms with Crippen molar-refractivity contribution in [2.45, 2.75) is 26.2 Å². The van der Waals surface area contributed by atoms with Gasteiger partial charge in [-0.05, 0) is 78.9 Å². The largest absolute Gasteiger partial charge is 0.356 e. The van der Waals surface area contributed by atoms with Crippen LogP contribution in [-0.2, 0) is 10.2 Å². The highest BCUT2D eigenvalue weighted by molar-refractivity contribution is 5.88. The van der Waals surface area contributed by atoms with Crippen molar-refractivity contribution in [1.82, 2.24) is 5.32 Å². The number of halogens is 2. The van der Waals surface area contributed by atoms with Crippen LogP contribution in [0.1, 0.15) is 26.3 Å². The first-order valence-corrected chi connectivity index (χ1v) is 9.27. The van der Waals surface area contributed by atoms with E-state index in [1.54, 1.807) is 24.3 Å². The Morgan fingerprint density at radius 1 is 0.786 bits per heavy atom. The summed E-state index contributed by atoms with van der Waals surface area (Å²) in [5, 5.41) is 2.88. The fourth-order valence-electron chi connectivity index (χ4n) is 3.12. The maximum Gasteiger partial charge on any atom is 0.230 e. The van der Waals surface area contributed by atoms with Gasteiger partial charge in [0.05, 0.1) is 5.41 Å². The summed E-state index contributed by atoms with van der Waals surface area (Å²) in [6.45, 7) is 6.17. The molecule has 0 aliphatic rings. The summed E-state index contributed by atoms with van der Waals surface area (Å²) in [4.78, 5) is 12.6. The van der Waals surface area contributed by atoms with Crippen molar-refractivity contribution in [3.8, 4) is 22.3 Å². The van der Waals surface area contributed by atoms with Gasteiger partial charge < -0.3 is 5.32 Å². The fraction of sp³-hybridized carbons (Fsp3) is 0.208. The minimum absolute atomic E-state index is 0.0729. The molecule has 0 spiro atoms. The van der Waals surface area contributed by atoms with Crippen LogP contribution >= 0.6 is 0 Å². The molecule has 3 rings (SSSR count). The van der Waals surface area contributed by atoms with Crippen LogP contribution in [0, 0.1) is 11.6 Å². The van der Waals surface area contributed by atoms with E-state index in [0.29, 0.717) is 6.54 Å². The number of nitrogens with one attached hydrogen (secondary N) is 1. The number of benzene rings is 3. The van der Waals surface area contributed by atoms with Crippen LogP contribution in [0.5, 0.6) is 0 Å². The summed E-state index contributed by atoms with van der Waals surface area (Å²) in [5.41, 5.74) is 3.50. The molecule has 0 bridgehead atoms. The molecule has 0 aromatic heterocycles. The highest BCUT2D eigenvalue weighted by atomic mass is 19.1. The zero-order chi connectivity index (χ0) is 20.3. The second kappa shape index (κ2) is 7.93. The smallest absolute Gasteiger partial charge is 0.230 e. The van der Waals surface area contributed by atoms with E-state index in [0.717, 1.165) is 27.8 Å². The summed E-state index contributed by atoms with van der Waals surface area (Å²) >= 11 is 0. The van der Waals surface area contributed by atoms with Crippen LogP contribution in [0.4, 0.5) is 8.78 Å². The lowest BCUT2D eigenvalue weighted by Gasteiger charge is -2.25. The fourth-order valence-corrected chi connectivity index (χ4v) is 3.12. The zero-order valence-corrected chi connectivity index (χ0v) is 16.2. The van der Waals surface area contributed by atoms with E-state index < -0.39 is 5.41 Å². The van der Waals surface area contributed by atoms with Gasteiger partial charge in [0.25, 0.3) is 0 Å². The van der Waals surface area contributed by atoms with Crippen molar-refractivity contribution in [3.05, 3.63) is 83.9 Å². The Bertz CT molecular complexity index is 913. The van der Waals surface area contributed by atoms with Crippen molar-refractivity contribution < 1.29 is 13.6 Å². The zero-order valence-electron chi connectivity index (χ0n) is 16.2. The Labute approximate surface area is 164 Å². The van der Waals surface area contributed by atoms with Gasteiger partial charge in [0.2, 0.25) is 5.91 Å². The average Bonchev–Trinajstić information content (AvgIpc) is 2.69. The third kappa shape index (κ3) is 4.11. The maximum atomic E-state index is 13.4. The van der Waals surface area contributed by atoms with Gasteiger partial charge >= 0.3 is 0 Å². The van der Waals surface area contributed by atoms with Crippen LogP contribution in [0.3, 0.4) is 0 Å². The normalized spacial score (nSPS) is 11.3. The van der Waals surface area contributed by atoms with E-state index in [1.807, 2.05) is 39.0 Å². The number of likely N-dealkylation sites (N-methyl/N-ethyl adjacent to an activating group) is 1. The molecule has 0 saturated carbocycles. The third-order valence-electron chi connectivity index (χ3n) is 4.91. The number of carbonyl (C=O) groups is 1. The molecule has 0 atom stereocenters. The first-order chi connectivity index (χ1) is 13.3. The molecule has 0 saturated heterocycles. The Balaban J connectivity index is 2.17. The van der Waals surface area contributed by atoms with Crippen LogP contribution < -0.4 is 5.32 Å². The second-order valence-corrected chi connectivity index (χ2v) is 7.30. The molecule has 0 heterocycles. The number of hydrogen-bond acceptors (Lipinski definition) is 1. The molecular formula is C24H23F2NO. The van der Waals surface area contributed by atoms with E-state index in [2.05, 4.69) is 5.32 Å². The van der Waals surface area contributed by atoms with Gasteiger partial charge in [-0.3, -0.25) is 4.79 Å². The van der Waals surface area contributed by atoms with Crippen molar-refractivity contribution >= 4 is 5.91 Å². The number of amides is 1. The van der Waals surface area contributed by atoms with Gasteiger partial charge in [-0.2, -0.15) is 0 Å². The highest BCUT2D eigenvalue weighted by Crippen LogP contribution is 2.34. The standard InChI is InChI=1S/C24H23F2NO/c1-4-27-23(28)24(2,3)20-14-18(16-5-9-21(25)10-6-16)13-19(15-20)17-7-11-22(26)12-8-17/h5-15H,4H2,1-3H3,(H,27,28). The van der Waals surface area contributed by atoms with Crippen LogP contribution in [0.15, 0.2) is 66.7 Å². The molecule has 1 amide bonds. The van der Waals surface area contributed by atoms with Crippen LogP contribution in [-0.4, -0.2) is 12.5 Å². The quantitative estimate of drug-likeness (QED) is 0.604. The molecule has 1 N–H and O–H groups in total. The molecule has 0 aliphatic heterocycles. The van der Waals surface area contributed by atoms with Crippen LogP contribution in [0.2, 0.25) is 0 Å². The number of carbonyl (C=O) groups excluding carboxylic acids is 1. The van der Waals surface area contributed by atoms with Crippen LogP contribution in [0.25, 0.3) is 22.3 Å². The van der Waals surface area contributed by atoms with E-state index in [4.69, 9.17) is 0 Å². The average molecular weight is 379 g/mol. The summed E-state index contributed by atoms with van der Waals surface area (Å²) in [6, 6.07) is 18.4. The van der Waals surface area contributed by atoms with E-state index in [-0.39, 0.29) is 17.5 Å². The lowest BCUT2D eigenvalue weighted by Crippen LogP contribution is -2.39. The van der Waals surface area contributed by atoms with Gasteiger partial charge in [-0.15, -0.1) is 0 Å². The molecule has 3 aromatic rings. The minimum atomic E-state index is -0.763. The van der Waals surface area contributed by atoms with Crippen molar-refractivity contribution in [2.75, 3.05) is 6.54 Å². The summed E-state index contributed by atoms with van der Waals surface area (Å²) in [7, 11) is 0. The lowest BCUT2D eigenvalue weighted by molar-refractivity contribution is -0.125. The molecule has 0 aliphatic carbocycles. The second-order valence-electron chi connectivity index (χ2n) is 7.30. The topological polar surface area (TPSA) is 29.1 Å². The SMILES string of the molecule is CCNC(=O)C(C)(C)c1cc(-c2ccc(F)cc2)cc(-c2ccc(F)cc2)c1. The monoisotopic (exact) mass is 379 g/mol. The Kier molecular flexibility index (Phi) is 5.59. The predicted molar refractivity (Wildman–Crippen MR) is 109 cm³/mol. The highest BCUT2D eigenvalue weighted by Gasteiger charge is 2.30. The Morgan fingerprint density at radius 2 is 1.21 bits per heavy atom. The molecule has 3 aromatic carbocycles. The molecule has 0 fully saturated rings. The first kappa shape index (κ1) is 19.7. The summed E-state index contributed by atoms with van der Waals surface area (Å²) in [5.74, 6) is -0.682. The number of rotatable bonds is 5. The van der Waals surface area contributed by atoms with Crippen molar-refractivity contribution in [1.29, 1.82) is 0 Å². The van der Waals surface area contributed by atoms with Gasteiger partial charge in [0, 0.05) is 6.54 Å². The van der Waals surface area contributed by atoms with Gasteiger partial charge in [-0.25, -0.2) is 8.78 Å². The van der Waals surface area contributed by atoms with Gasteiger partial charge in [0.1, 0.15) is 11.6 Å². The van der Waals surface area contributed by atoms with Gasteiger partial charge in [0.15, 0.2) is 0 Å². The molecule has 2 nitrogen and oxygen atoms in total. The maximum absolute atomic E-state index is 13.4. The Morgan fingerprint density at radius 3 is 1.61 bits per heavy atom. The Hall–Kier alpha value is -3.01. The lowest BCUT2D eigenvalue weighted by atomic mass is 9.80. The summed E-state index contributed by atoms with van der Waals surface area (Å²) < 4.78 is 26.7. The van der Waals surface area contributed by atoms with Crippen molar-refractivity contribution in [2.24, 2.45) is 0 Å². The van der Waals surface area contributed by atoms with Crippen molar-refractivity contribution in [3.63, 3.8) is 0 Å². The summed E-state index contributed by atoms with van der Waals surface area (Å²) in [6.07, 6.45) is 0. The molecule has 28 heavy (non-hydrogen) atoms. The molecule has 0 radical (unpaired) electrons. The number of hydrogen-bond donors (Lipinski definition) is 1. The molecule has 144 valence electrons. The molecule has 0 unspecified atom stereocenters. The molecular weight excluding hydrogens is 356 g/mol. The minimum Gasteiger partial charge on any atom is -0.356 e. The predicted octanol–water partition coefficient (Wildman–Crippen LogP) is 5.71. The first-order valence-electron chi connectivity index (χ1n) is 9.27. The third-order valence-corrected chi connectivity index (χ3v) is 4.91. The van der Waals surface area contributed by atoms with E-state index in [9.17, 15) is 13.6 Å². The van der Waals surface area contributed by atoms with Gasteiger partial charge in [-0.1, -0.05) is 36.4 Å². The van der Waals surface area contributed by atoms with E-state index >= 15 is 0 Å². The van der Waals surface area contributed by atoms with E-state index in [1.165, 1.54) is 24.3 Å². The molecule has 4 heteroatoms.